The van der Waals surface area contributed by atoms with Crippen LogP contribution in [-0.4, -0.2) is 28.1 Å². The van der Waals surface area contributed by atoms with Gasteiger partial charge in [0.1, 0.15) is 0 Å². The van der Waals surface area contributed by atoms with Crippen LogP contribution >= 0.6 is 0 Å². The Kier molecular flexibility index (Phi) is 3.76. The number of hydrogen-bond acceptors (Lipinski definition) is 3. The average Bonchev–Trinajstić information content (AvgIpc) is 2.57. The molecule has 2 heterocycles. The van der Waals surface area contributed by atoms with Crippen LogP contribution in [0.25, 0.3) is 0 Å². The number of hydrogen-bond donors (Lipinski definition) is 0. The quantitative estimate of drug-likeness (QED) is 0.861. The van der Waals surface area contributed by atoms with E-state index >= 15 is 0 Å². The first kappa shape index (κ1) is 15.5. The molecule has 0 fully saturated rings. The molecular weight excluding hydrogens is 320 g/mol. The first-order valence-corrected chi connectivity index (χ1v) is 10.1. The van der Waals surface area contributed by atoms with Crippen LogP contribution in [0.5, 0.6) is 0 Å². The zero-order valence-corrected chi connectivity index (χ0v) is 14.7. The van der Waals surface area contributed by atoms with Crippen LogP contribution in [0.2, 0.25) is 0 Å². The van der Waals surface area contributed by atoms with Crippen LogP contribution in [0.1, 0.15) is 23.1 Å². The SMILES string of the molecule is Cc1ccccc1CS(=O)(=O)N1CCN2CCCc3cccc1c32. The molecule has 0 amide bonds. The normalized spacial score (nSPS) is 16.9. The lowest BCUT2D eigenvalue weighted by molar-refractivity contribution is 0.585. The second kappa shape index (κ2) is 5.81. The highest BCUT2D eigenvalue weighted by atomic mass is 32.2. The maximum Gasteiger partial charge on any atom is 0.239 e. The molecule has 5 heteroatoms. The van der Waals surface area contributed by atoms with Gasteiger partial charge < -0.3 is 4.90 Å². The number of para-hydroxylation sites is 1. The Balaban J connectivity index is 1.73. The van der Waals surface area contributed by atoms with Gasteiger partial charge in [0.05, 0.1) is 23.7 Å². The number of anilines is 2. The van der Waals surface area contributed by atoms with Crippen molar-refractivity contribution in [1.82, 2.24) is 0 Å². The second-order valence-corrected chi connectivity index (χ2v) is 8.52. The maximum absolute atomic E-state index is 13.1. The zero-order valence-electron chi connectivity index (χ0n) is 13.9. The van der Waals surface area contributed by atoms with E-state index in [4.69, 9.17) is 0 Å². The molecule has 126 valence electrons. The zero-order chi connectivity index (χ0) is 16.7. The molecule has 2 aromatic rings. The number of nitrogens with zero attached hydrogens (tertiary/aromatic N) is 2. The smallest absolute Gasteiger partial charge is 0.239 e. The largest absolute Gasteiger partial charge is 0.368 e. The summed E-state index contributed by atoms with van der Waals surface area (Å²) >= 11 is 0. The Morgan fingerprint density at radius 2 is 1.83 bits per heavy atom. The monoisotopic (exact) mass is 342 g/mol. The summed E-state index contributed by atoms with van der Waals surface area (Å²) in [4.78, 5) is 2.34. The van der Waals surface area contributed by atoms with E-state index in [1.54, 1.807) is 4.31 Å². The summed E-state index contributed by atoms with van der Waals surface area (Å²) in [5, 5.41) is 0. The van der Waals surface area contributed by atoms with Crippen molar-refractivity contribution in [3.63, 3.8) is 0 Å². The molecule has 0 aliphatic carbocycles. The fourth-order valence-electron chi connectivity index (χ4n) is 3.81. The maximum atomic E-state index is 13.1. The summed E-state index contributed by atoms with van der Waals surface area (Å²) in [5.74, 6) is 0.0589. The fraction of sp³-hybridized carbons (Fsp3) is 0.368. The van der Waals surface area contributed by atoms with Gasteiger partial charge in [0.25, 0.3) is 0 Å². The molecule has 0 bridgehead atoms. The molecule has 2 aliphatic heterocycles. The molecule has 0 saturated carbocycles. The highest BCUT2D eigenvalue weighted by molar-refractivity contribution is 7.92. The lowest BCUT2D eigenvalue weighted by Gasteiger charge is -2.41. The van der Waals surface area contributed by atoms with E-state index in [1.807, 2.05) is 43.3 Å². The Labute approximate surface area is 143 Å². The summed E-state index contributed by atoms with van der Waals surface area (Å²) < 4.78 is 27.8. The van der Waals surface area contributed by atoms with Crippen molar-refractivity contribution in [1.29, 1.82) is 0 Å². The van der Waals surface area contributed by atoms with Crippen LogP contribution in [-0.2, 0) is 22.2 Å². The van der Waals surface area contributed by atoms with Gasteiger partial charge in [0, 0.05) is 13.1 Å². The first-order chi connectivity index (χ1) is 11.6. The number of rotatable bonds is 3. The minimum absolute atomic E-state index is 0.0589. The van der Waals surface area contributed by atoms with Gasteiger partial charge in [-0.1, -0.05) is 36.4 Å². The second-order valence-electron chi connectivity index (χ2n) is 6.63. The van der Waals surface area contributed by atoms with Gasteiger partial charge in [-0.3, -0.25) is 4.31 Å². The highest BCUT2D eigenvalue weighted by Crippen LogP contribution is 2.40. The fourth-order valence-corrected chi connectivity index (χ4v) is 5.49. The van der Waals surface area contributed by atoms with Crippen LogP contribution in [0.15, 0.2) is 42.5 Å². The average molecular weight is 342 g/mol. The van der Waals surface area contributed by atoms with Crippen molar-refractivity contribution in [3.8, 4) is 0 Å². The molecule has 0 saturated heterocycles. The molecule has 0 atom stereocenters. The molecule has 2 aromatic carbocycles. The highest BCUT2D eigenvalue weighted by Gasteiger charge is 2.33. The predicted octanol–water partition coefficient (Wildman–Crippen LogP) is 3.10. The summed E-state index contributed by atoms with van der Waals surface area (Å²) in [5.41, 5.74) is 5.16. The molecule has 4 rings (SSSR count). The third-order valence-electron chi connectivity index (χ3n) is 5.07. The van der Waals surface area contributed by atoms with Gasteiger partial charge in [0.2, 0.25) is 10.0 Å². The van der Waals surface area contributed by atoms with Crippen molar-refractivity contribution in [3.05, 3.63) is 59.2 Å². The van der Waals surface area contributed by atoms with Gasteiger partial charge in [0.15, 0.2) is 0 Å². The van der Waals surface area contributed by atoms with Crippen molar-refractivity contribution in [2.24, 2.45) is 0 Å². The Hall–Kier alpha value is -2.01. The third kappa shape index (κ3) is 2.57. The molecule has 0 spiro atoms. The predicted molar refractivity (Wildman–Crippen MR) is 98.1 cm³/mol. The van der Waals surface area contributed by atoms with Gasteiger partial charge >= 0.3 is 0 Å². The first-order valence-electron chi connectivity index (χ1n) is 8.48. The van der Waals surface area contributed by atoms with Crippen molar-refractivity contribution in [2.45, 2.75) is 25.5 Å². The number of benzene rings is 2. The van der Waals surface area contributed by atoms with Crippen molar-refractivity contribution >= 4 is 21.4 Å². The van der Waals surface area contributed by atoms with E-state index in [9.17, 15) is 8.42 Å². The van der Waals surface area contributed by atoms with Crippen molar-refractivity contribution < 1.29 is 8.42 Å². The lowest BCUT2D eigenvalue weighted by atomic mass is 9.99. The Morgan fingerprint density at radius 1 is 1.00 bits per heavy atom. The lowest BCUT2D eigenvalue weighted by Crippen LogP contribution is -2.46. The van der Waals surface area contributed by atoms with Gasteiger partial charge in [-0.25, -0.2) is 8.42 Å². The molecular formula is C19H22N2O2S. The third-order valence-corrected chi connectivity index (χ3v) is 6.79. The Morgan fingerprint density at radius 3 is 2.67 bits per heavy atom. The minimum atomic E-state index is -3.39. The van der Waals surface area contributed by atoms with E-state index in [0.717, 1.165) is 48.4 Å². The molecule has 0 radical (unpaired) electrons. The summed E-state index contributed by atoms with van der Waals surface area (Å²) in [6, 6.07) is 13.8. The molecule has 0 aromatic heterocycles. The van der Waals surface area contributed by atoms with Gasteiger partial charge in [-0.15, -0.1) is 0 Å². The van der Waals surface area contributed by atoms with E-state index in [-0.39, 0.29) is 5.75 Å². The van der Waals surface area contributed by atoms with Crippen molar-refractivity contribution in [2.75, 3.05) is 28.8 Å². The molecule has 0 unspecified atom stereocenters. The van der Waals surface area contributed by atoms with Crippen LogP contribution in [0, 0.1) is 6.92 Å². The minimum Gasteiger partial charge on any atom is -0.368 e. The van der Waals surface area contributed by atoms with E-state index in [2.05, 4.69) is 11.0 Å². The molecule has 0 N–H and O–H groups in total. The topological polar surface area (TPSA) is 40.6 Å². The van der Waals surface area contributed by atoms with Crippen LogP contribution < -0.4 is 9.21 Å². The summed E-state index contributed by atoms with van der Waals surface area (Å²) in [6.07, 6.45) is 2.18. The number of sulfonamides is 1. The summed E-state index contributed by atoms with van der Waals surface area (Å²) in [6.45, 7) is 4.30. The standard InChI is InChI=1S/C19H22N2O2S/c1-15-6-2-3-7-17(15)14-24(22,23)21-13-12-20-11-5-9-16-8-4-10-18(21)19(16)20/h2-4,6-8,10H,5,9,11-14H2,1H3. The van der Waals surface area contributed by atoms with Gasteiger partial charge in [-0.2, -0.15) is 0 Å². The summed E-state index contributed by atoms with van der Waals surface area (Å²) in [7, 11) is -3.39. The molecule has 2 aliphatic rings. The van der Waals surface area contributed by atoms with Gasteiger partial charge in [-0.05, 0) is 42.5 Å². The van der Waals surface area contributed by atoms with E-state index in [1.165, 1.54) is 5.56 Å². The molecule has 4 nitrogen and oxygen atoms in total. The van der Waals surface area contributed by atoms with E-state index < -0.39 is 10.0 Å². The Bertz CT molecular complexity index is 877. The van der Waals surface area contributed by atoms with Crippen LogP contribution in [0.4, 0.5) is 11.4 Å². The number of aryl methyl sites for hydroxylation is 2. The van der Waals surface area contributed by atoms with E-state index in [0.29, 0.717) is 6.54 Å². The molecule has 24 heavy (non-hydrogen) atoms. The van der Waals surface area contributed by atoms with Crippen LogP contribution in [0.3, 0.4) is 0 Å².